The summed E-state index contributed by atoms with van der Waals surface area (Å²) in [6.45, 7) is 5.17. The van der Waals surface area contributed by atoms with Gasteiger partial charge in [0.1, 0.15) is 6.04 Å². The Morgan fingerprint density at radius 2 is 1.84 bits per heavy atom. The first-order chi connectivity index (χ1) is 17.5. The van der Waals surface area contributed by atoms with Gasteiger partial charge in [0.15, 0.2) is 5.84 Å². The van der Waals surface area contributed by atoms with E-state index >= 15 is 0 Å². The fraction of sp³-hybridized carbons (Fsp3) is 0.542. The fourth-order valence-electron chi connectivity index (χ4n) is 3.34. The third-order valence-corrected chi connectivity index (χ3v) is 5.38. The molecule has 0 aromatic heterocycles. The molecule has 1 aliphatic rings. The highest BCUT2D eigenvalue weighted by atomic mass is 16.7. The number of likely N-dealkylation sites (N-methyl/N-ethyl adjacent to an activating group) is 2. The van der Waals surface area contributed by atoms with E-state index in [-0.39, 0.29) is 30.8 Å². The minimum absolute atomic E-state index is 0.0159. The highest BCUT2D eigenvalue weighted by molar-refractivity contribution is 6.02. The van der Waals surface area contributed by atoms with Crippen molar-refractivity contribution in [2.24, 2.45) is 10.9 Å². The summed E-state index contributed by atoms with van der Waals surface area (Å²) in [6.07, 6.45) is -0.364. The van der Waals surface area contributed by atoms with Crippen LogP contribution in [0.5, 0.6) is 0 Å². The maximum absolute atomic E-state index is 12.8. The molecule has 1 unspecified atom stereocenters. The van der Waals surface area contributed by atoms with E-state index in [2.05, 4.69) is 15.8 Å². The number of urea groups is 1. The van der Waals surface area contributed by atoms with Gasteiger partial charge < -0.3 is 35.8 Å². The quantitative estimate of drug-likeness (QED) is 0.127. The smallest absolute Gasteiger partial charge is 0.435 e. The van der Waals surface area contributed by atoms with E-state index in [1.54, 1.807) is 50.1 Å². The summed E-state index contributed by atoms with van der Waals surface area (Å²) in [5.41, 5.74) is 7.08. The molecule has 1 aliphatic heterocycles. The predicted molar refractivity (Wildman–Crippen MR) is 138 cm³/mol. The molecule has 13 heteroatoms. The number of esters is 1. The Morgan fingerprint density at radius 3 is 2.46 bits per heavy atom. The fourth-order valence-corrected chi connectivity index (χ4v) is 3.34. The van der Waals surface area contributed by atoms with Crippen LogP contribution in [0.1, 0.15) is 32.3 Å². The summed E-state index contributed by atoms with van der Waals surface area (Å²) in [4.78, 5) is 58.3. The lowest BCUT2D eigenvalue weighted by Crippen LogP contribution is -2.46. The summed E-state index contributed by atoms with van der Waals surface area (Å²) >= 11 is 0. The lowest BCUT2D eigenvalue weighted by molar-refractivity contribution is -0.147. The zero-order chi connectivity index (χ0) is 27.5. The number of carbonyl (C=O) groups excluding carboxylic acids is 4. The molecule has 1 saturated heterocycles. The van der Waals surface area contributed by atoms with E-state index in [0.717, 1.165) is 0 Å². The van der Waals surface area contributed by atoms with Crippen LogP contribution in [0, 0.1) is 0 Å². The number of amidine groups is 1. The van der Waals surface area contributed by atoms with Gasteiger partial charge in [-0.05, 0) is 58.6 Å². The van der Waals surface area contributed by atoms with E-state index < -0.39 is 24.1 Å². The normalized spacial score (nSPS) is 15.6. The molecule has 0 radical (unpaired) electrons. The molecule has 2 rings (SSSR count). The molecule has 4 amide bonds. The lowest BCUT2D eigenvalue weighted by atomic mass is 10.2. The zero-order valence-electron chi connectivity index (χ0n) is 22.0. The average Bonchev–Trinajstić information content (AvgIpc) is 3.19. The molecule has 1 fully saturated rings. The Labute approximate surface area is 216 Å². The van der Waals surface area contributed by atoms with Gasteiger partial charge in [-0.3, -0.25) is 14.4 Å². The monoisotopic (exact) mass is 519 g/mol. The van der Waals surface area contributed by atoms with Gasteiger partial charge in [0.25, 0.3) is 0 Å². The molecule has 1 aromatic rings. The number of hydrogen-bond donors (Lipinski definition) is 3. The molecule has 1 aromatic carbocycles. The standard InChI is InChI=1S/C24H37N7O6/c1-16(2)36-20(32)10-12-26-23(34)27-19-11-13-31(22(19)33)18-8-6-17(7-9-18)21(25)28-37-24(35)30(5)15-14-29(3)4/h6-9,16,19H,10-15H2,1-5H3,(H2,25,28)(H2,26,27,34). The lowest BCUT2D eigenvalue weighted by Gasteiger charge is -2.18. The second-order valence-electron chi connectivity index (χ2n) is 9.13. The number of hydrogen-bond acceptors (Lipinski definition) is 8. The van der Waals surface area contributed by atoms with E-state index in [1.165, 1.54) is 4.90 Å². The minimum atomic E-state index is -0.683. The second kappa shape index (κ2) is 14.0. The molecular weight excluding hydrogens is 482 g/mol. The maximum atomic E-state index is 12.8. The number of amides is 4. The van der Waals surface area contributed by atoms with Crippen LogP contribution in [0.4, 0.5) is 15.3 Å². The topological polar surface area (TPSA) is 159 Å². The summed E-state index contributed by atoms with van der Waals surface area (Å²) in [5, 5.41) is 8.90. The Bertz CT molecular complexity index is 980. The zero-order valence-corrected chi connectivity index (χ0v) is 22.0. The van der Waals surface area contributed by atoms with Crippen molar-refractivity contribution in [3.63, 3.8) is 0 Å². The molecule has 1 atom stereocenters. The first kappa shape index (κ1) is 29.4. The Morgan fingerprint density at radius 1 is 1.16 bits per heavy atom. The summed E-state index contributed by atoms with van der Waals surface area (Å²) in [6, 6.07) is 5.51. The van der Waals surface area contributed by atoms with Crippen LogP contribution in [0.2, 0.25) is 0 Å². The number of nitrogens with zero attached hydrogens (tertiary/aromatic N) is 4. The SMILES string of the molecule is CC(C)OC(=O)CCNC(=O)NC1CCN(c2ccc(C(N)=NOC(=O)N(C)CCN(C)C)cc2)C1=O. The van der Waals surface area contributed by atoms with Crippen molar-refractivity contribution in [1.29, 1.82) is 0 Å². The maximum Gasteiger partial charge on any atom is 0.435 e. The van der Waals surface area contributed by atoms with Gasteiger partial charge >= 0.3 is 18.1 Å². The van der Waals surface area contributed by atoms with Gasteiger partial charge in [-0.15, -0.1) is 0 Å². The highest BCUT2D eigenvalue weighted by Crippen LogP contribution is 2.22. The van der Waals surface area contributed by atoms with Gasteiger partial charge in [-0.1, -0.05) is 5.16 Å². The molecular formula is C24H37N7O6. The van der Waals surface area contributed by atoms with Gasteiger partial charge in [0, 0.05) is 44.5 Å². The molecule has 4 N–H and O–H groups in total. The van der Waals surface area contributed by atoms with Crippen molar-refractivity contribution in [3.8, 4) is 0 Å². The van der Waals surface area contributed by atoms with Crippen molar-refractivity contribution >= 4 is 35.5 Å². The molecule has 13 nitrogen and oxygen atoms in total. The van der Waals surface area contributed by atoms with E-state index in [0.29, 0.717) is 37.3 Å². The third kappa shape index (κ3) is 9.60. The van der Waals surface area contributed by atoms with E-state index in [4.69, 9.17) is 15.3 Å². The Kier molecular flexibility index (Phi) is 11.1. The molecule has 1 heterocycles. The van der Waals surface area contributed by atoms with Gasteiger partial charge in [0.05, 0.1) is 12.5 Å². The summed E-state index contributed by atoms with van der Waals surface area (Å²) in [5.74, 6) is -0.640. The first-order valence-corrected chi connectivity index (χ1v) is 12.0. The molecule has 37 heavy (non-hydrogen) atoms. The van der Waals surface area contributed by atoms with Gasteiger partial charge in [0.2, 0.25) is 5.91 Å². The minimum Gasteiger partial charge on any atom is -0.463 e. The molecule has 0 saturated carbocycles. The average molecular weight is 520 g/mol. The van der Waals surface area contributed by atoms with Gasteiger partial charge in [-0.25, -0.2) is 9.59 Å². The molecule has 0 aliphatic carbocycles. The molecule has 0 bridgehead atoms. The van der Waals surface area contributed by atoms with E-state index in [1.807, 2.05) is 19.0 Å². The number of anilines is 1. The number of nitrogens with one attached hydrogen (secondary N) is 2. The van der Waals surface area contributed by atoms with Crippen molar-refractivity contribution < 1.29 is 28.8 Å². The molecule has 0 spiro atoms. The van der Waals surface area contributed by atoms with Crippen LogP contribution in [-0.4, -0.2) is 99.1 Å². The van der Waals surface area contributed by atoms with Crippen LogP contribution >= 0.6 is 0 Å². The Balaban J connectivity index is 1.84. The van der Waals surface area contributed by atoms with Crippen LogP contribution in [0.3, 0.4) is 0 Å². The van der Waals surface area contributed by atoms with Crippen molar-refractivity contribution in [3.05, 3.63) is 29.8 Å². The van der Waals surface area contributed by atoms with Crippen molar-refractivity contribution in [2.75, 3.05) is 52.2 Å². The number of oxime groups is 1. The number of carbonyl (C=O) groups is 4. The largest absolute Gasteiger partial charge is 0.463 e. The highest BCUT2D eigenvalue weighted by Gasteiger charge is 2.33. The number of ether oxygens (including phenoxy) is 1. The van der Waals surface area contributed by atoms with Crippen molar-refractivity contribution in [2.45, 2.75) is 38.8 Å². The second-order valence-corrected chi connectivity index (χ2v) is 9.13. The van der Waals surface area contributed by atoms with E-state index in [9.17, 15) is 19.2 Å². The van der Waals surface area contributed by atoms with Crippen LogP contribution in [0.15, 0.2) is 29.4 Å². The predicted octanol–water partition coefficient (Wildman–Crippen LogP) is 0.683. The van der Waals surface area contributed by atoms with Crippen LogP contribution in [0.25, 0.3) is 0 Å². The van der Waals surface area contributed by atoms with Gasteiger partial charge in [-0.2, -0.15) is 0 Å². The number of rotatable bonds is 11. The van der Waals surface area contributed by atoms with Crippen molar-refractivity contribution in [1.82, 2.24) is 20.4 Å². The molecule has 204 valence electrons. The number of nitrogens with two attached hydrogens (primary N) is 1. The Hall–Kier alpha value is -3.87. The summed E-state index contributed by atoms with van der Waals surface area (Å²) < 4.78 is 5.01. The summed E-state index contributed by atoms with van der Waals surface area (Å²) in [7, 11) is 5.41. The number of benzene rings is 1. The van der Waals surface area contributed by atoms with Crippen LogP contribution in [-0.2, 0) is 19.2 Å². The third-order valence-electron chi connectivity index (χ3n) is 5.38. The first-order valence-electron chi connectivity index (χ1n) is 12.0. The van der Waals surface area contributed by atoms with Crippen LogP contribution < -0.4 is 21.3 Å².